The molecule has 1 saturated carbocycles. The molecule has 100 valence electrons. The molecule has 0 amide bonds. The number of nitrogens with two attached hydrogens (primary N) is 1. The maximum atomic E-state index is 12.7. The minimum Gasteiger partial charge on any atom is -0.321 e. The minimum absolute atomic E-state index is 0.0583. The van der Waals surface area contributed by atoms with E-state index in [2.05, 4.69) is 4.98 Å². The molecule has 1 fully saturated rings. The highest BCUT2D eigenvalue weighted by Gasteiger charge is 2.30. The number of fused-ring (bicyclic) bond motifs is 1. The van der Waals surface area contributed by atoms with Gasteiger partial charge in [0.1, 0.15) is 5.82 Å². The lowest BCUT2D eigenvalue weighted by molar-refractivity contribution is 0.558. The molecule has 1 heterocycles. The topological polar surface area (TPSA) is 60.9 Å². The van der Waals surface area contributed by atoms with Crippen molar-refractivity contribution in [2.45, 2.75) is 38.3 Å². The minimum atomic E-state index is -0.211. The van der Waals surface area contributed by atoms with Gasteiger partial charge in [-0.3, -0.25) is 9.36 Å². The van der Waals surface area contributed by atoms with Crippen LogP contribution in [-0.2, 0) is 0 Å². The summed E-state index contributed by atoms with van der Waals surface area (Å²) < 4.78 is 1.75. The molecule has 0 unspecified atom stereocenters. The second-order valence-electron chi connectivity index (χ2n) is 5.03. The van der Waals surface area contributed by atoms with Gasteiger partial charge in [-0.15, -0.1) is 0 Å². The van der Waals surface area contributed by atoms with E-state index in [4.69, 9.17) is 17.3 Å². The van der Waals surface area contributed by atoms with E-state index in [1.165, 1.54) is 0 Å². The molecule has 1 aromatic carbocycles. The van der Waals surface area contributed by atoms with Crippen molar-refractivity contribution in [3.05, 3.63) is 39.4 Å². The van der Waals surface area contributed by atoms with Crippen LogP contribution in [0.2, 0.25) is 5.02 Å². The fourth-order valence-electron chi connectivity index (χ4n) is 2.35. The van der Waals surface area contributed by atoms with Crippen LogP contribution in [0, 0.1) is 0 Å². The second-order valence-corrected chi connectivity index (χ2v) is 5.43. The molecule has 1 aliphatic rings. The third-order valence-corrected chi connectivity index (χ3v) is 3.90. The van der Waals surface area contributed by atoms with Gasteiger partial charge < -0.3 is 5.73 Å². The monoisotopic (exact) mass is 277 g/mol. The summed E-state index contributed by atoms with van der Waals surface area (Å²) in [7, 11) is 0. The van der Waals surface area contributed by atoms with Gasteiger partial charge in [-0.25, -0.2) is 4.98 Å². The Morgan fingerprint density at radius 1 is 1.53 bits per heavy atom. The van der Waals surface area contributed by atoms with Gasteiger partial charge in [-0.2, -0.15) is 0 Å². The summed E-state index contributed by atoms with van der Waals surface area (Å²) in [6, 6.07) is 5.37. The van der Waals surface area contributed by atoms with E-state index in [1.807, 2.05) is 13.0 Å². The summed E-state index contributed by atoms with van der Waals surface area (Å²) in [5.74, 6) is 0.685. The van der Waals surface area contributed by atoms with E-state index in [1.54, 1.807) is 16.7 Å². The zero-order valence-corrected chi connectivity index (χ0v) is 11.5. The summed E-state index contributed by atoms with van der Waals surface area (Å²) in [5.41, 5.74) is 6.68. The van der Waals surface area contributed by atoms with Crippen LogP contribution < -0.4 is 11.3 Å². The first-order valence-electron chi connectivity index (χ1n) is 6.59. The molecule has 19 heavy (non-hydrogen) atoms. The van der Waals surface area contributed by atoms with E-state index < -0.39 is 0 Å². The lowest BCUT2D eigenvalue weighted by Gasteiger charge is -2.17. The smallest absolute Gasteiger partial charge is 0.263 e. The molecule has 1 aromatic heterocycles. The Bertz CT molecular complexity index is 691. The van der Waals surface area contributed by atoms with Gasteiger partial charge in [-0.1, -0.05) is 24.6 Å². The molecule has 0 saturated heterocycles. The van der Waals surface area contributed by atoms with Gasteiger partial charge in [0.25, 0.3) is 5.56 Å². The van der Waals surface area contributed by atoms with E-state index in [9.17, 15) is 4.79 Å². The Hall–Kier alpha value is -1.39. The zero-order chi connectivity index (χ0) is 13.6. The summed E-state index contributed by atoms with van der Waals surface area (Å²) >= 11 is 6.14. The van der Waals surface area contributed by atoms with Crippen molar-refractivity contribution >= 4 is 22.5 Å². The van der Waals surface area contributed by atoms with Crippen LogP contribution in [0.25, 0.3) is 10.9 Å². The van der Waals surface area contributed by atoms with Crippen molar-refractivity contribution in [2.24, 2.45) is 5.73 Å². The van der Waals surface area contributed by atoms with Gasteiger partial charge in [0.05, 0.1) is 22.0 Å². The van der Waals surface area contributed by atoms with Crippen molar-refractivity contribution in [3.63, 3.8) is 0 Å². The van der Waals surface area contributed by atoms with Gasteiger partial charge in [-0.05, 0) is 31.4 Å². The van der Waals surface area contributed by atoms with E-state index >= 15 is 0 Å². The van der Waals surface area contributed by atoms with Crippen molar-refractivity contribution in [1.29, 1.82) is 0 Å². The molecule has 0 bridgehead atoms. The third-order valence-electron chi connectivity index (χ3n) is 3.59. The highest BCUT2D eigenvalue weighted by atomic mass is 35.5. The van der Waals surface area contributed by atoms with Gasteiger partial charge >= 0.3 is 0 Å². The quantitative estimate of drug-likeness (QED) is 0.938. The molecule has 0 aliphatic heterocycles. The standard InChI is InChI=1S/C14H16ClN3O/c1-2-10(16)13-17-11-5-3-4-9(15)12(11)14(19)18(13)8-6-7-8/h3-5,8,10H,2,6-7,16H2,1H3/t10-/m1/s1. The molecule has 0 spiro atoms. The van der Waals surface area contributed by atoms with Crippen LogP contribution in [0.1, 0.15) is 44.1 Å². The predicted octanol–water partition coefficient (Wildman–Crippen LogP) is 2.79. The normalized spacial score (nSPS) is 16.8. The number of nitrogens with zero attached hydrogens (tertiary/aromatic N) is 2. The molecule has 3 rings (SSSR count). The average molecular weight is 278 g/mol. The Kier molecular flexibility index (Phi) is 3.07. The molecule has 0 radical (unpaired) electrons. The number of hydrogen-bond acceptors (Lipinski definition) is 3. The van der Waals surface area contributed by atoms with Crippen LogP contribution >= 0.6 is 11.6 Å². The first kappa shape index (κ1) is 12.6. The molecule has 2 aromatic rings. The van der Waals surface area contributed by atoms with Crippen LogP contribution in [0.3, 0.4) is 0 Å². The Labute approximate surface area is 116 Å². The van der Waals surface area contributed by atoms with E-state index in [-0.39, 0.29) is 17.6 Å². The number of halogens is 1. The number of aromatic nitrogens is 2. The number of hydrogen-bond donors (Lipinski definition) is 1. The van der Waals surface area contributed by atoms with Gasteiger partial charge in [0.15, 0.2) is 0 Å². The summed E-state index contributed by atoms with van der Waals surface area (Å²) in [5, 5.41) is 0.962. The van der Waals surface area contributed by atoms with Gasteiger partial charge in [0.2, 0.25) is 0 Å². The molecule has 5 heteroatoms. The van der Waals surface area contributed by atoms with Gasteiger partial charge in [0, 0.05) is 6.04 Å². The van der Waals surface area contributed by atoms with Crippen molar-refractivity contribution in [2.75, 3.05) is 0 Å². The van der Waals surface area contributed by atoms with Crippen molar-refractivity contribution in [3.8, 4) is 0 Å². The highest BCUT2D eigenvalue weighted by Crippen LogP contribution is 2.36. The zero-order valence-electron chi connectivity index (χ0n) is 10.8. The van der Waals surface area contributed by atoms with Crippen LogP contribution in [0.4, 0.5) is 0 Å². The fourth-order valence-corrected chi connectivity index (χ4v) is 2.60. The summed E-state index contributed by atoms with van der Waals surface area (Å²) in [4.78, 5) is 17.2. The SMILES string of the molecule is CC[C@@H](N)c1nc2cccc(Cl)c2c(=O)n1C1CC1. The average Bonchev–Trinajstić information content (AvgIpc) is 3.21. The van der Waals surface area contributed by atoms with Crippen LogP contribution in [0.15, 0.2) is 23.0 Å². The lowest BCUT2D eigenvalue weighted by Crippen LogP contribution is -2.29. The molecular formula is C14H16ClN3O. The van der Waals surface area contributed by atoms with Crippen molar-refractivity contribution < 1.29 is 0 Å². The summed E-state index contributed by atoms with van der Waals surface area (Å²) in [6.45, 7) is 2.00. The summed E-state index contributed by atoms with van der Waals surface area (Å²) in [6.07, 6.45) is 2.78. The fraction of sp³-hybridized carbons (Fsp3) is 0.429. The lowest BCUT2D eigenvalue weighted by atomic mass is 10.2. The molecule has 4 nitrogen and oxygen atoms in total. The van der Waals surface area contributed by atoms with Crippen LogP contribution in [-0.4, -0.2) is 9.55 Å². The second kappa shape index (κ2) is 4.62. The third kappa shape index (κ3) is 2.05. The molecular weight excluding hydrogens is 262 g/mol. The van der Waals surface area contributed by atoms with Crippen molar-refractivity contribution in [1.82, 2.24) is 9.55 Å². The maximum absolute atomic E-state index is 12.7. The Balaban J connectivity index is 2.37. The van der Waals surface area contributed by atoms with E-state index in [0.717, 1.165) is 19.3 Å². The largest absolute Gasteiger partial charge is 0.321 e. The molecule has 1 aliphatic carbocycles. The Morgan fingerprint density at radius 2 is 2.26 bits per heavy atom. The molecule has 2 N–H and O–H groups in total. The Morgan fingerprint density at radius 3 is 2.89 bits per heavy atom. The molecule has 1 atom stereocenters. The highest BCUT2D eigenvalue weighted by molar-refractivity contribution is 6.35. The van der Waals surface area contributed by atoms with E-state index in [0.29, 0.717) is 21.7 Å². The number of benzene rings is 1. The predicted molar refractivity (Wildman–Crippen MR) is 76.5 cm³/mol. The first-order valence-corrected chi connectivity index (χ1v) is 6.97. The first-order chi connectivity index (χ1) is 9.13. The maximum Gasteiger partial charge on any atom is 0.263 e. The number of rotatable bonds is 3. The van der Waals surface area contributed by atoms with Crippen LogP contribution in [0.5, 0.6) is 0 Å².